The number of rotatable bonds is 7. The lowest BCUT2D eigenvalue weighted by Crippen LogP contribution is -2.40. The molecule has 4 rings (SSSR count). The molecule has 0 saturated carbocycles. The zero-order chi connectivity index (χ0) is 20.9. The predicted octanol–water partition coefficient (Wildman–Crippen LogP) is 2.61. The van der Waals surface area contributed by atoms with Gasteiger partial charge in [-0.2, -0.15) is 5.10 Å². The highest BCUT2D eigenvalue weighted by atomic mass is 16.5. The second-order valence-corrected chi connectivity index (χ2v) is 7.26. The van der Waals surface area contributed by atoms with Crippen molar-refractivity contribution in [2.75, 3.05) is 23.3 Å². The Morgan fingerprint density at radius 3 is 3.07 bits per heavy atom. The largest absolute Gasteiger partial charge is 0.508 e. The normalized spacial score (nSPS) is 19.1. The number of carboxylic acid groups (broad SMARTS) is 1. The molecule has 1 atom stereocenters. The minimum absolute atomic E-state index is 0.0382. The van der Waals surface area contributed by atoms with Crippen molar-refractivity contribution >= 4 is 23.4 Å². The zero-order valence-electron chi connectivity index (χ0n) is 16.4. The Balaban J connectivity index is 1.41. The Morgan fingerprint density at radius 1 is 1.33 bits per heavy atom. The smallest absolute Gasteiger partial charge is 0.325 e. The lowest BCUT2D eigenvalue weighted by atomic mass is 10.1. The zero-order valence-corrected chi connectivity index (χ0v) is 16.4. The van der Waals surface area contributed by atoms with Crippen LogP contribution in [0.1, 0.15) is 25.7 Å². The van der Waals surface area contributed by atoms with Crippen molar-refractivity contribution in [3.05, 3.63) is 48.3 Å². The number of aromatic nitrogens is 4. The fraction of sp³-hybridized carbons (Fsp3) is 0.400. The van der Waals surface area contributed by atoms with Gasteiger partial charge in [0.05, 0.1) is 18.9 Å². The Kier molecular flexibility index (Phi) is 5.82. The number of aliphatic carboxylic acids is 1. The number of aliphatic hydroxyl groups excluding tert-OH is 1. The fourth-order valence-electron chi connectivity index (χ4n) is 3.51. The maximum absolute atomic E-state index is 10.8. The molecule has 0 bridgehead atoms. The molecule has 1 saturated heterocycles. The van der Waals surface area contributed by atoms with Gasteiger partial charge in [-0.15, -0.1) is 0 Å². The van der Waals surface area contributed by atoms with Gasteiger partial charge in [-0.05, 0) is 25.3 Å². The van der Waals surface area contributed by atoms with E-state index in [-0.39, 0.29) is 12.6 Å². The van der Waals surface area contributed by atoms with E-state index in [2.05, 4.69) is 25.3 Å². The van der Waals surface area contributed by atoms with Crippen LogP contribution in [0.4, 0.5) is 17.5 Å². The number of allylic oxidation sites excluding steroid dienone is 3. The third kappa shape index (κ3) is 4.88. The molecule has 2 aliphatic rings. The summed E-state index contributed by atoms with van der Waals surface area (Å²) in [4.78, 5) is 21.8. The number of hydrogen-bond donors (Lipinski definition) is 3. The van der Waals surface area contributed by atoms with E-state index in [0.717, 1.165) is 31.6 Å². The maximum atomic E-state index is 10.8. The molecule has 30 heavy (non-hydrogen) atoms. The SMILES string of the molecule is O=C(O)Cn1ccc(Nc2cncc(N3CCCC(OC4=C(O)CCC=C4)C3)n2)n1. The Morgan fingerprint density at radius 2 is 2.23 bits per heavy atom. The summed E-state index contributed by atoms with van der Waals surface area (Å²) in [6.07, 6.45) is 12.0. The second-order valence-electron chi connectivity index (χ2n) is 7.26. The summed E-state index contributed by atoms with van der Waals surface area (Å²) in [6, 6.07) is 1.68. The van der Waals surface area contributed by atoms with Crippen molar-refractivity contribution < 1.29 is 19.7 Å². The first kappa shape index (κ1) is 19.7. The summed E-state index contributed by atoms with van der Waals surface area (Å²) in [6.45, 7) is 1.28. The third-order valence-corrected chi connectivity index (χ3v) is 4.91. The van der Waals surface area contributed by atoms with Gasteiger partial charge in [-0.25, -0.2) is 4.98 Å². The molecule has 0 aromatic carbocycles. The molecule has 1 aliphatic heterocycles. The molecule has 2 aromatic rings. The van der Waals surface area contributed by atoms with Crippen molar-refractivity contribution in [3.63, 3.8) is 0 Å². The minimum atomic E-state index is -0.957. The standard InChI is InChI=1S/C20H24N6O4/c27-15-5-1-2-6-16(15)30-14-4-3-8-25(12-14)19-11-21-10-18(23-19)22-17-7-9-26(24-17)13-20(28)29/h2,6-7,9-11,14,27H,1,3-5,8,12-13H2,(H,28,29)(H,22,23,24). The van der Waals surface area contributed by atoms with E-state index in [9.17, 15) is 9.90 Å². The second kappa shape index (κ2) is 8.85. The van der Waals surface area contributed by atoms with Gasteiger partial charge in [-0.1, -0.05) is 6.08 Å². The molecule has 0 radical (unpaired) electrons. The van der Waals surface area contributed by atoms with Crippen LogP contribution in [0.2, 0.25) is 0 Å². The van der Waals surface area contributed by atoms with Gasteiger partial charge in [0.15, 0.2) is 17.4 Å². The Bertz CT molecular complexity index is 970. The number of nitrogens with one attached hydrogen (secondary N) is 1. The molecule has 0 spiro atoms. The number of aliphatic hydroxyl groups is 1. The quantitative estimate of drug-likeness (QED) is 0.629. The minimum Gasteiger partial charge on any atom is -0.508 e. The summed E-state index contributed by atoms with van der Waals surface area (Å²) in [7, 11) is 0. The maximum Gasteiger partial charge on any atom is 0.325 e. The monoisotopic (exact) mass is 412 g/mol. The number of carbonyl (C=O) groups is 1. The van der Waals surface area contributed by atoms with E-state index in [4.69, 9.17) is 9.84 Å². The molecule has 0 amide bonds. The summed E-state index contributed by atoms with van der Waals surface area (Å²) in [5.41, 5.74) is 0. The van der Waals surface area contributed by atoms with Crippen LogP contribution in [0.25, 0.3) is 0 Å². The lowest BCUT2D eigenvalue weighted by molar-refractivity contribution is -0.137. The van der Waals surface area contributed by atoms with Gasteiger partial charge in [0, 0.05) is 25.2 Å². The molecule has 1 unspecified atom stereocenters. The molecular weight excluding hydrogens is 388 g/mol. The highest BCUT2D eigenvalue weighted by Crippen LogP contribution is 2.25. The van der Waals surface area contributed by atoms with Crippen LogP contribution >= 0.6 is 0 Å². The third-order valence-electron chi connectivity index (χ3n) is 4.91. The number of carboxylic acids is 1. The average molecular weight is 412 g/mol. The van der Waals surface area contributed by atoms with E-state index in [0.29, 0.717) is 36.1 Å². The number of piperidine rings is 1. The first-order valence-corrected chi connectivity index (χ1v) is 9.91. The molecule has 3 N–H and O–H groups in total. The molecule has 1 aliphatic carbocycles. The highest BCUT2D eigenvalue weighted by Gasteiger charge is 2.24. The number of nitrogens with zero attached hydrogens (tertiary/aromatic N) is 5. The predicted molar refractivity (Wildman–Crippen MR) is 110 cm³/mol. The van der Waals surface area contributed by atoms with Crippen LogP contribution in [0, 0.1) is 0 Å². The molecule has 1 fully saturated rings. The van der Waals surface area contributed by atoms with E-state index in [1.807, 2.05) is 12.2 Å². The van der Waals surface area contributed by atoms with Gasteiger partial charge < -0.3 is 25.2 Å². The first-order chi connectivity index (χ1) is 14.6. The van der Waals surface area contributed by atoms with Gasteiger partial charge in [0.1, 0.15) is 24.2 Å². The molecule has 158 valence electrons. The van der Waals surface area contributed by atoms with Gasteiger partial charge >= 0.3 is 5.97 Å². The molecule has 2 aromatic heterocycles. The number of hydrogen-bond acceptors (Lipinski definition) is 8. The summed E-state index contributed by atoms with van der Waals surface area (Å²) < 4.78 is 7.36. The molecular formula is C20H24N6O4. The highest BCUT2D eigenvalue weighted by molar-refractivity contribution is 5.66. The van der Waals surface area contributed by atoms with Crippen LogP contribution in [0.5, 0.6) is 0 Å². The van der Waals surface area contributed by atoms with Crippen LogP contribution < -0.4 is 10.2 Å². The topological polar surface area (TPSA) is 126 Å². The fourth-order valence-corrected chi connectivity index (χ4v) is 3.51. The van der Waals surface area contributed by atoms with Crippen molar-refractivity contribution in [3.8, 4) is 0 Å². The van der Waals surface area contributed by atoms with Crippen LogP contribution in [0.3, 0.4) is 0 Å². The van der Waals surface area contributed by atoms with Crippen molar-refractivity contribution in [2.45, 2.75) is 38.3 Å². The van der Waals surface area contributed by atoms with Gasteiger partial charge in [0.2, 0.25) is 0 Å². The van der Waals surface area contributed by atoms with Gasteiger partial charge in [-0.3, -0.25) is 14.5 Å². The first-order valence-electron chi connectivity index (χ1n) is 9.91. The molecule has 3 heterocycles. The van der Waals surface area contributed by atoms with Gasteiger partial charge in [0.25, 0.3) is 0 Å². The van der Waals surface area contributed by atoms with Crippen molar-refractivity contribution in [1.29, 1.82) is 0 Å². The molecule has 10 heteroatoms. The number of anilines is 3. The summed E-state index contributed by atoms with van der Waals surface area (Å²) >= 11 is 0. The van der Waals surface area contributed by atoms with E-state index in [1.54, 1.807) is 24.7 Å². The van der Waals surface area contributed by atoms with E-state index < -0.39 is 5.97 Å². The summed E-state index contributed by atoms with van der Waals surface area (Å²) in [5, 5.41) is 26.1. The summed E-state index contributed by atoms with van der Waals surface area (Å²) in [5.74, 6) is 1.65. The Labute approximate surface area is 173 Å². The van der Waals surface area contributed by atoms with Crippen LogP contribution in [-0.4, -0.2) is 55.1 Å². The van der Waals surface area contributed by atoms with E-state index >= 15 is 0 Å². The van der Waals surface area contributed by atoms with Crippen LogP contribution in [0.15, 0.2) is 48.3 Å². The van der Waals surface area contributed by atoms with Crippen molar-refractivity contribution in [1.82, 2.24) is 19.7 Å². The molecule has 10 nitrogen and oxygen atoms in total. The Hall–Kier alpha value is -3.56. The average Bonchev–Trinajstić information content (AvgIpc) is 3.16. The van der Waals surface area contributed by atoms with E-state index in [1.165, 1.54) is 4.68 Å². The van der Waals surface area contributed by atoms with Crippen molar-refractivity contribution in [2.24, 2.45) is 0 Å². The lowest BCUT2D eigenvalue weighted by Gasteiger charge is -2.34. The number of ether oxygens (including phenoxy) is 1. The van der Waals surface area contributed by atoms with Crippen LogP contribution in [-0.2, 0) is 16.1 Å².